The lowest BCUT2D eigenvalue weighted by atomic mass is 9.58. The van der Waals surface area contributed by atoms with Gasteiger partial charge < -0.3 is 19.9 Å². The highest BCUT2D eigenvalue weighted by Gasteiger charge is 2.57. The van der Waals surface area contributed by atoms with E-state index in [-0.39, 0.29) is 18.8 Å². The number of amides is 3. The van der Waals surface area contributed by atoms with Crippen LogP contribution in [-0.4, -0.2) is 70.0 Å². The van der Waals surface area contributed by atoms with Crippen molar-refractivity contribution in [2.75, 3.05) is 32.8 Å². The van der Waals surface area contributed by atoms with Gasteiger partial charge in [0.15, 0.2) is 0 Å². The lowest BCUT2D eigenvalue weighted by molar-refractivity contribution is -0.137. The maximum atomic E-state index is 12.6. The highest BCUT2D eigenvalue weighted by Crippen LogP contribution is 2.52. The molecule has 4 fully saturated rings. The number of hydrogen-bond acceptors (Lipinski definition) is 4. The van der Waals surface area contributed by atoms with Gasteiger partial charge in [0.05, 0.1) is 24.8 Å². The van der Waals surface area contributed by atoms with Gasteiger partial charge in [-0.3, -0.25) is 4.68 Å². The molecule has 5 rings (SSSR count). The maximum absolute atomic E-state index is 12.6. The van der Waals surface area contributed by atoms with Crippen molar-refractivity contribution in [2.45, 2.75) is 31.1 Å². The summed E-state index contributed by atoms with van der Waals surface area (Å²) in [6, 6.07) is -0.0252. The summed E-state index contributed by atoms with van der Waals surface area (Å²) in [6.07, 6.45) is -1.10. The maximum Gasteiger partial charge on any atom is 0.419 e. The zero-order valence-corrected chi connectivity index (χ0v) is 15.0. The zero-order chi connectivity index (χ0) is 19.7. The third-order valence-electron chi connectivity index (χ3n) is 6.28. The zero-order valence-electron chi connectivity index (χ0n) is 15.0. The molecule has 8 nitrogen and oxygen atoms in total. The third-order valence-corrected chi connectivity index (χ3v) is 6.28. The van der Waals surface area contributed by atoms with Crippen LogP contribution in [0.2, 0.25) is 0 Å². The molecule has 1 N–H and O–H groups in total. The largest absolute Gasteiger partial charge is 0.447 e. The fourth-order valence-electron chi connectivity index (χ4n) is 5.01. The van der Waals surface area contributed by atoms with Gasteiger partial charge in [0.1, 0.15) is 12.1 Å². The van der Waals surface area contributed by atoms with Crippen LogP contribution in [0.5, 0.6) is 0 Å². The van der Waals surface area contributed by atoms with Crippen LogP contribution in [-0.2, 0) is 17.5 Å². The van der Waals surface area contributed by atoms with Crippen LogP contribution in [0.1, 0.15) is 19.8 Å². The summed E-state index contributed by atoms with van der Waals surface area (Å²) in [6.45, 7) is 3.06. The van der Waals surface area contributed by atoms with Gasteiger partial charge in [0, 0.05) is 32.7 Å². The summed E-state index contributed by atoms with van der Waals surface area (Å²) in [4.78, 5) is 27.2. The lowest BCUT2D eigenvalue weighted by Gasteiger charge is -2.60. The van der Waals surface area contributed by atoms with E-state index in [4.69, 9.17) is 4.74 Å². The Bertz CT molecular complexity index is 825. The van der Waals surface area contributed by atoms with E-state index >= 15 is 0 Å². The minimum atomic E-state index is -4.36. The van der Waals surface area contributed by atoms with Gasteiger partial charge in [-0.05, 0) is 18.8 Å². The van der Waals surface area contributed by atoms with Crippen molar-refractivity contribution in [3.05, 3.63) is 18.0 Å². The number of hydrogen-bond donors (Lipinski definition) is 1. The molecule has 0 atom stereocenters. The van der Waals surface area contributed by atoms with Gasteiger partial charge in [-0.25, -0.2) is 9.59 Å². The third kappa shape index (κ3) is 2.78. The van der Waals surface area contributed by atoms with Gasteiger partial charge >= 0.3 is 18.3 Å². The summed E-state index contributed by atoms with van der Waals surface area (Å²) in [5, 5.41) is 6.56. The average Bonchev–Trinajstić information content (AvgIpc) is 3.12. The Morgan fingerprint density at radius 3 is 2.54 bits per heavy atom. The van der Waals surface area contributed by atoms with Crippen LogP contribution in [0, 0.1) is 11.3 Å². The fourth-order valence-corrected chi connectivity index (χ4v) is 5.01. The monoisotopic (exact) mass is 401 g/mol. The summed E-state index contributed by atoms with van der Waals surface area (Å²) >= 11 is 0. The molecule has 1 aromatic heterocycles. The van der Waals surface area contributed by atoms with Crippen molar-refractivity contribution in [3.63, 3.8) is 0 Å². The predicted molar refractivity (Wildman–Crippen MR) is 90.3 cm³/mol. The highest BCUT2D eigenvalue weighted by atomic mass is 19.4. The molecule has 1 saturated carbocycles. The number of alkyl carbamates (subject to hydrolysis) is 1. The van der Waals surface area contributed by atoms with Crippen molar-refractivity contribution in [1.82, 2.24) is 24.9 Å². The first kappa shape index (κ1) is 17.6. The number of rotatable bonds is 2. The molecule has 11 heteroatoms. The molecule has 0 aromatic carbocycles. The predicted octanol–water partition coefficient (Wildman–Crippen LogP) is 1.77. The summed E-state index contributed by atoms with van der Waals surface area (Å²) in [7, 11) is 0. The standard InChI is InChI=1S/C17H20F3N5O3.H2/c18-17(19,20)12-3-21-25(5-12)4-11-1-15(2-11)6-23(7-15)14(27)24-8-16(9-24)10-28-13(26)22-16;/h3,5,11H,1-2,4,6-10H2,(H,22,26);1H. The quantitative estimate of drug-likeness (QED) is 0.819. The first-order valence-corrected chi connectivity index (χ1v) is 9.24. The number of carbonyl (C=O) groups excluding carboxylic acids is 2. The molecule has 3 amide bonds. The molecule has 0 unspecified atom stereocenters. The molecule has 1 aromatic rings. The molecule has 3 aliphatic heterocycles. The van der Waals surface area contributed by atoms with Crippen LogP contribution in [0.25, 0.3) is 0 Å². The second-order valence-corrected chi connectivity index (χ2v) is 8.70. The Hall–Kier alpha value is -2.46. The normalized spacial score (nSPS) is 25.2. The smallest absolute Gasteiger partial charge is 0.419 e. The minimum Gasteiger partial charge on any atom is -0.447 e. The number of likely N-dealkylation sites (tertiary alicyclic amines) is 2. The van der Waals surface area contributed by atoms with Crippen LogP contribution in [0.15, 0.2) is 12.4 Å². The summed E-state index contributed by atoms with van der Waals surface area (Å²) in [5.74, 6) is 0.288. The van der Waals surface area contributed by atoms with Crippen molar-refractivity contribution in [3.8, 4) is 0 Å². The van der Waals surface area contributed by atoms with Crippen LogP contribution in [0.3, 0.4) is 0 Å². The number of halogens is 3. The SMILES string of the molecule is O=C1NC2(CO1)CN(C(=O)N1CC3(CC(Cn4cc(C(F)(F)F)cn4)C3)C1)C2.[HH]. The first-order chi connectivity index (χ1) is 13.2. The Morgan fingerprint density at radius 1 is 1.29 bits per heavy atom. The second kappa shape index (κ2) is 5.54. The Morgan fingerprint density at radius 2 is 1.96 bits per heavy atom. The van der Waals surface area contributed by atoms with Gasteiger partial charge in [-0.15, -0.1) is 0 Å². The fraction of sp³-hybridized carbons (Fsp3) is 0.706. The van der Waals surface area contributed by atoms with Crippen LogP contribution >= 0.6 is 0 Å². The Kier molecular flexibility index (Phi) is 3.49. The molecule has 0 bridgehead atoms. The molecule has 1 aliphatic carbocycles. The minimum absolute atomic E-state index is 0. The van der Waals surface area contributed by atoms with Gasteiger partial charge in [-0.2, -0.15) is 18.3 Å². The number of nitrogens with one attached hydrogen (secondary N) is 1. The van der Waals surface area contributed by atoms with Gasteiger partial charge in [0.25, 0.3) is 0 Å². The van der Waals surface area contributed by atoms with E-state index in [2.05, 4.69) is 10.4 Å². The van der Waals surface area contributed by atoms with E-state index in [0.29, 0.717) is 39.3 Å². The van der Waals surface area contributed by atoms with Gasteiger partial charge in [0.2, 0.25) is 0 Å². The molecule has 28 heavy (non-hydrogen) atoms. The Balaban J connectivity index is 0.00000205. The van der Waals surface area contributed by atoms with Crippen molar-refractivity contribution in [1.29, 1.82) is 0 Å². The average molecular weight is 401 g/mol. The molecule has 4 aliphatic rings. The van der Waals surface area contributed by atoms with Crippen molar-refractivity contribution < 1.29 is 28.9 Å². The number of alkyl halides is 3. The number of aromatic nitrogens is 2. The molecule has 4 heterocycles. The second-order valence-electron chi connectivity index (χ2n) is 8.70. The Labute approximate surface area is 160 Å². The van der Waals surface area contributed by atoms with E-state index in [1.807, 2.05) is 0 Å². The first-order valence-electron chi connectivity index (χ1n) is 9.24. The molecule has 0 radical (unpaired) electrons. The van der Waals surface area contributed by atoms with E-state index in [1.165, 1.54) is 4.68 Å². The molecular weight excluding hydrogens is 379 g/mol. The van der Waals surface area contributed by atoms with E-state index in [1.54, 1.807) is 9.80 Å². The molecular formula is C17H22F3N5O3. The van der Waals surface area contributed by atoms with Crippen molar-refractivity contribution in [2.24, 2.45) is 11.3 Å². The number of carbonyl (C=O) groups is 2. The number of cyclic esters (lactones) is 1. The van der Waals surface area contributed by atoms with Gasteiger partial charge in [-0.1, -0.05) is 0 Å². The summed E-state index contributed by atoms with van der Waals surface area (Å²) < 4.78 is 44.2. The number of nitrogens with zero attached hydrogens (tertiary/aromatic N) is 4. The molecule has 2 spiro atoms. The van der Waals surface area contributed by atoms with E-state index in [9.17, 15) is 22.8 Å². The highest BCUT2D eigenvalue weighted by molar-refractivity contribution is 5.78. The van der Waals surface area contributed by atoms with Crippen LogP contribution < -0.4 is 5.32 Å². The van der Waals surface area contributed by atoms with E-state index < -0.39 is 23.4 Å². The molecule has 3 saturated heterocycles. The summed E-state index contributed by atoms with van der Waals surface area (Å²) in [5.41, 5.74) is -1.04. The topological polar surface area (TPSA) is 79.7 Å². The number of ether oxygens (including phenoxy) is 1. The van der Waals surface area contributed by atoms with Crippen molar-refractivity contribution >= 4 is 12.1 Å². The lowest BCUT2D eigenvalue weighted by Crippen LogP contribution is -2.74. The number of urea groups is 1. The van der Waals surface area contributed by atoms with Crippen LogP contribution in [0.4, 0.5) is 22.8 Å². The van der Waals surface area contributed by atoms with E-state index in [0.717, 1.165) is 25.2 Å². The molecule has 154 valence electrons.